The number of halogens is 3. The molecule has 2 fully saturated rings. The summed E-state index contributed by atoms with van der Waals surface area (Å²) in [5.41, 5.74) is -0.931. The second kappa shape index (κ2) is 5.32. The fraction of sp³-hybridized carbons (Fsp3) is 0.412. The molecule has 3 unspecified atom stereocenters. The van der Waals surface area contributed by atoms with Gasteiger partial charge in [0, 0.05) is 48.4 Å². The van der Waals surface area contributed by atoms with Crippen LogP contribution < -0.4 is 0 Å². The summed E-state index contributed by atoms with van der Waals surface area (Å²) in [6, 6.07) is 2.76. The average molecular weight is 352 g/mol. The van der Waals surface area contributed by atoms with E-state index in [0.717, 1.165) is 5.56 Å². The molecule has 0 aromatic carbocycles. The second-order valence-corrected chi connectivity index (χ2v) is 6.64. The van der Waals surface area contributed by atoms with Gasteiger partial charge in [-0.1, -0.05) is 0 Å². The Kier molecular flexibility index (Phi) is 3.44. The van der Waals surface area contributed by atoms with Crippen LogP contribution in [0.1, 0.15) is 23.2 Å². The standard InChI is InChI=1S/C17H15F3N2O3/c18-17(19,20)16(24)5-14-4-13(16)8-22(14)15(23)12-3-11(6-21-7-12)10-1-2-25-9-10/h1-3,6-7,9,13-14,24H,4-5,8H2. The number of piperidine rings is 1. The number of fused-ring (bicyclic) bond motifs is 2. The molecule has 2 aromatic heterocycles. The molecule has 132 valence electrons. The topological polar surface area (TPSA) is 66.6 Å². The maximum atomic E-state index is 13.1. The van der Waals surface area contributed by atoms with E-state index in [0.29, 0.717) is 11.1 Å². The van der Waals surface area contributed by atoms with Crippen molar-refractivity contribution < 1.29 is 27.5 Å². The Bertz CT molecular complexity index is 806. The predicted octanol–water partition coefficient (Wildman–Crippen LogP) is 2.87. The number of likely N-dealkylation sites (tertiary alicyclic amines) is 1. The monoisotopic (exact) mass is 352 g/mol. The zero-order valence-electron chi connectivity index (χ0n) is 13.0. The SMILES string of the molecule is O=C(c1cncc(-c2ccoc2)c1)N1CC2CC1CC2(O)C(F)(F)F. The third-order valence-corrected chi connectivity index (χ3v) is 5.23. The number of aromatic nitrogens is 1. The van der Waals surface area contributed by atoms with Crippen molar-refractivity contribution >= 4 is 5.91 Å². The fourth-order valence-corrected chi connectivity index (χ4v) is 3.89. The lowest BCUT2D eigenvalue weighted by atomic mass is 9.88. The Morgan fingerprint density at radius 2 is 2.16 bits per heavy atom. The lowest BCUT2D eigenvalue weighted by molar-refractivity contribution is -0.278. The number of hydrogen-bond donors (Lipinski definition) is 1. The molecule has 25 heavy (non-hydrogen) atoms. The molecule has 1 aliphatic carbocycles. The number of rotatable bonds is 2. The molecule has 1 aliphatic heterocycles. The van der Waals surface area contributed by atoms with Crippen LogP contribution in [0.2, 0.25) is 0 Å². The lowest BCUT2D eigenvalue weighted by Crippen LogP contribution is -2.55. The molecule has 2 aliphatic rings. The van der Waals surface area contributed by atoms with Crippen LogP contribution in [0, 0.1) is 5.92 Å². The van der Waals surface area contributed by atoms with E-state index in [4.69, 9.17) is 4.42 Å². The van der Waals surface area contributed by atoms with Gasteiger partial charge in [0.2, 0.25) is 0 Å². The number of alkyl halides is 3. The fourth-order valence-electron chi connectivity index (χ4n) is 3.89. The number of pyridine rings is 1. The molecule has 8 heteroatoms. The molecular weight excluding hydrogens is 337 g/mol. The first-order chi connectivity index (χ1) is 11.8. The Balaban J connectivity index is 1.56. The number of furan rings is 1. The summed E-state index contributed by atoms with van der Waals surface area (Å²) in [5, 5.41) is 9.97. The lowest BCUT2D eigenvalue weighted by Gasteiger charge is -2.38. The van der Waals surface area contributed by atoms with Gasteiger partial charge in [0.05, 0.1) is 18.1 Å². The van der Waals surface area contributed by atoms with Crippen LogP contribution in [-0.2, 0) is 0 Å². The molecule has 3 heterocycles. The molecular formula is C17H15F3N2O3. The summed E-state index contributed by atoms with van der Waals surface area (Å²) in [6.07, 6.45) is 1.02. The zero-order valence-corrected chi connectivity index (χ0v) is 13.0. The molecule has 1 saturated heterocycles. The van der Waals surface area contributed by atoms with Crippen molar-refractivity contribution in [3.63, 3.8) is 0 Å². The molecule has 4 rings (SSSR count). The predicted molar refractivity (Wildman–Crippen MR) is 80.5 cm³/mol. The van der Waals surface area contributed by atoms with E-state index in [-0.39, 0.29) is 18.9 Å². The first-order valence-corrected chi connectivity index (χ1v) is 7.87. The highest BCUT2D eigenvalue weighted by molar-refractivity contribution is 5.95. The van der Waals surface area contributed by atoms with Crippen LogP contribution in [0.25, 0.3) is 11.1 Å². The van der Waals surface area contributed by atoms with E-state index in [2.05, 4.69) is 4.98 Å². The Labute approximate surface area is 141 Å². The van der Waals surface area contributed by atoms with E-state index >= 15 is 0 Å². The summed E-state index contributed by atoms with van der Waals surface area (Å²) in [7, 11) is 0. The minimum absolute atomic E-state index is 0.102. The van der Waals surface area contributed by atoms with Crippen molar-refractivity contribution in [1.29, 1.82) is 0 Å². The summed E-state index contributed by atoms with van der Waals surface area (Å²) < 4.78 is 44.3. The van der Waals surface area contributed by atoms with Crippen LogP contribution in [-0.4, -0.2) is 45.3 Å². The van der Waals surface area contributed by atoms with E-state index in [9.17, 15) is 23.1 Å². The molecule has 1 amide bonds. The van der Waals surface area contributed by atoms with Gasteiger partial charge in [0.25, 0.3) is 5.91 Å². The zero-order chi connectivity index (χ0) is 17.8. The van der Waals surface area contributed by atoms with Crippen molar-refractivity contribution in [2.45, 2.75) is 30.7 Å². The number of aliphatic hydroxyl groups is 1. The van der Waals surface area contributed by atoms with E-state index in [1.165, 1.54) is 23.6 Å². The molecule has 0 radical (unpaired) electrons. The Hall–Kier alpha value is -2.35. The smallest absolute Gasteiger partial charge is 0.417 e. The highest BCUT2D eigenvalue weighted by Crippen LogP contribution is 2.52. The largest absolute Gasteiger partial charge is 0.472 e. The van der Waals surface area contributed by atoms with Crippen molar-refractivity contribution in [2.24, 2.45) is 5.92 Å². The van der Waals surface area contributed by atoms with E-state index in [1.807, 2.05) is 0 Å². The average Bonchev–Trinajstić information content (AvgIpc) is 3.29. The highest BCUT2D eigenvalue weighted by atomic mass is 19.4. The number of amides is 1. The summed E-state index contributed by atoms with van der Waals surface area (Å²) >= 11 is 0. The van der Waals surface area contributed by atoms with Gasteiger partial charge in [-0.15, -0.1) is 0 Å². The Morgan fingerprint density at radius 1 is 1.36 bits per heavy atom. The molecule has 3 atom stereocenters. The van der Waals surface area contributed by atoms with Crippen molar-refractivity contribution in [1.82, 2.24) is 9.88 Å². The number of hydrogen-bond acceptors (Lipinski definition) is 4. The molecule has 0 spiro atoms. The van der Waals surface area contributed by atoms with Crippen LogP contribution in [0.3, 0.4) is 0 Å². The van der Waals surface area contributed by atoms with Gasteiger partial charge in [-0.2, -0.15) is 13.2 Å². The van der Waals surface area contributed by atoms with Gasteiger partial charge in [0.15, 0.2) is 5.60 Å². The van der Waals surface area contributed by atoms with Crippen molar-refractivity contribution in [3.05, 3.63) is 42.6 Å². The first kappa shape index (κ1) is 16.1. The number of carbonyl (C=O) groups is 1. The number of carbonyl (C=O) groups excluding carboxylic acids is 1. The van der Waals surface area contributed by atoms with Gasteiger partial charge in [-0.05, 0) is 18.6 Å². The summed E-state index contributed by atoms with van der Waals surface area (Å²) in [4.78, 5) is 18.2. The van der Waals surface area contributed by atoms with Gasteiger partial charge < -0.3 is 14.4 Å². The van der Waals surface area contributed by atoms with E-state index in [1.54, 1.807) is 18.3 Å². The summed E-state index contributed by atoms with van der Waals surface area (Å²) in [6.45, 7) is -0.102. The molecule has 2 aromatic rings. The third kappa shape index (κ3) is 2.43. The van der Waals surface area contributed by atoms with Gasteiger partial charge in [-0.25, -0.2) is 0 Å². The molecule has 1 N–H and O–H groups in total. The quantitative estimate of drug-likeness (QED) is 0.903. The first-order valence-electron chi connectivity index (χ1n) is 7.87. The summed E-state index contributed by atoms with van der Waals surface area (Å²) in [5.74, 6) is -1.35. The molecule has 2 bridgehead atoms. The van der Waals surface area contributed by atoms with Gasteiger partial charge >= 0.3 is 6.18 Å². The van der Waals surface area contributed by atoms with Gasteiger partial charge in [0.1, 0.15) is 0 Å². The van der Waals surface area contributed by atoms with Gasteiger partial charge in [-0.3, -0.25) is 9.78 Å². The van der Waals surface area contributed by atoms with Crippen LogP contribution in [0.4, 0.5) is 13.2 Å². The maximum Gasteiger partial charge on any atom is 0.417 e. The van der Waals surface area contributed by atoms with Crippen molar-refractivity contribution in [3.8, 4) is 11.1 Å². The minimum atomic E-state index is -4.68. The maximum absolute atomic E-state index is 13.1. The Morgan fingerprint density at radius 3 is 2.76 bits per heavy atom. The second-order valence-electron chi connectivity index (χ2n) is 6.64. The minimum Gasteiger partial charge on any atom is -0.472 e. The van der Waals surface area contributed by atoms with Crippen LogP contribution in [0.5, 0.6) is 0 Å². The van der Waals surface area contributed by atoms with Crippen molar-refractivity contribution in [2.75, 3.05) is 6.54 Å². The van der Waals surface area contributed by atoms with Crippen LogP contribution >= 0.6 is 0 Å². The normalized spacial score (nSPS) is 28.6. The van der Waals surface area contributed by atoms with Crippen LogP contribution in [0.15, 0.2) is 41.5 Å². The molecule has 1 saturated carbocycles. The van der Waals surface area contributed by atoms with E-state index < -0.39 is 30.2 Å². The number of nitrogens with zero attached hydrogens (tertiary/aromatic N) is 2. The third-order valence-electron chi connectivity index (χ3n) is 5.23. The highest BCUT2D eigenvalue weighted by Gasteiger charge is 2.67. The molecule has 5 nitrogen and oxygen atoms in total.